The van der Waals surface area contributed by atoms with E-state index in [9.17, 15) is 0 Å². The Hall–Kier alpha value is -2.69. The number of methoxy groups -OCH3 is 1. The summed E-state index contributed by atoms with van der Waals surface area (Å²) in [7, 11) is 3.56. The molecule has 0 radical (unpaired) electrons. The van der Waals surface area contributed by atoms with Gasteiger partial charge in [0.15, 0.2) is 5.96 Å². The first-order chi connectivity index (χ1) is 12.3. The molecule has 0 spiro atoms. The molecule has 1 aliphatic heterocycles. The van der Waals surface area contributed by atoms with Crippen LogP contribution in [0.3, 0.4) is 0 Å². The SMILES string of the molecule is CN=C(NCc1ccccc1)N1CCN(c2cccc(OC)c2)CC1. The van der Waals surface area contributed by atoms with Gasteiger partial charge in [0, 0.05) is 51.5 Å². The normalized spacial score (nSPS) is 15.2. The van der Waals surface area contributed by atoms with Crippen LogP contribution < -0.4 is 15.0 Å². The molecular weight excluding hydrogens is 312 g/mol. The fourth-order valence-corrected chi connectivity index (χ4v) is 3.09. The number of hydrogen-bond donors (Lipinski definition) is 1. The maximum Gasteiger partial charge on any atom is 0.194 e. The Labute approximate surface area is 149 Å². The van der Waals surface area contributed by atoms with Gasteiger partial charge in [-0.05, 0) is 17.7 Å². The highest BCUT2D eigenvalue weighted by molar-refractivity contribution is 5.80. The average molecular weight is 338 g/mol. The molecule has 0 saturated carbocycles. The van der Waals surface area contributed by atoms with Gasteiger partial charge >= 0.3 is 0 Å². The topological polar surface area (TPSA) is 40.1 Å². The Morgan fingerprint density at radius 2 is 1.80 bits per heavy atom. The van der Waals surface area contributed by atoms with Crippen molar-refractivity contribution in [3.63, 3.8) is 0 Å². The smallest absolute Gasteiger partial charge is 0.194 e. The van der Waals surface area contributed by atoms with Crippen LogP contribution >= 0.6 is 0 Å². The Bertz CT molecular complexity index is 694. The minimum atomic E-state index is 0.795. The van der Waals surface area contributed by atoms with E-state index in [1.165, 1.54) is 11.3 Å². The molecule has 0 aliphatic carbocycles. The summed E-state index contributed by atoms with van der Waals surface area (Å²) in [5.74, 6) is 1.87. The molecule has 1 aliphatic rings. The van der Waals surface area contributed by atoms with E-state index in [4.69, 9.17) is 4.74 Å². The molecule has 5 nitrogen and oxygen atoms in total. The van der Waals surface area contributed by atoms with Gasteiger partial charge in [0.05, 0.1) is 7.11 Å². The summed E-state index contributed by atoms with van der Waals surface area (Å²) < 4.78 is 5.33. The maximum absolute atomic E-state index is 5.33. The van der Waals surface area contributed by atoms with E-state index in [2.05, 4.69) is 56.5 Å². The second-order valence-corrected chi connectivity index (χ2v) is 6.06. The van der Waals surface area contributed by atoms with E-state index in [0.29, 0.717) is 0 Å². The van der Waals surface area contributed by atoms with Gasteiger partial charge in [-0.2, -0.15) is 0 Å². The zero-order valence-corrected chi connectivity index (χ0v) is 15.0. The van der Waals surface area contributed by atoms with Crippen LogP contribution in [0.2, 0.25) is 0 Å². The van der Waals surface area contributed by atoms with E-state index in [1.54, 1.807) is 7.11 Å². The van der Waals surface area contributed by atoms with Gasteiger partial charge in [-0.15, -0.1) is 0 Å². The molecule has 1 heterocycles. The largest absolute Gasteiger partial charge is 0.497 e. The van der Waals surface area contributed by atoms with Crippen molar-refractivity contribution in [2.45, 2.75) is 6.54 Å². The molecule has 0 bridgehead atoms. The molecule has 5 heteroatoms. The van der Waals surface area contributed by atoms with Gasteiger partial charge in [-0.25, -0.2) is 0 Å². The van der Waals surface area contributed by atoms with E-state index in [1.807, 2.05) is 25.2 Å². The Morgan fingerprint density at radius 1 is 1.04 bits per heavy atom. The number of benzene rings is 2. The molecule has 2 aromatic carbocycles. The highest BCUT2D eigenvalue weighted by atomic mass is 16.5. The van der Waals surface area contributed by atoms with Crippen LogP contribution in [0, 0.1) is 0 Å². The number of ether oxygens (including phenoxy) is 1. The minimum Gasteiger partial charge on any atom is -0.497 e. The lowest BCUT2D eigenvalue weighted by Gasteiger charge is -2.37. The molecule has 0 aromatic heterocycles. The summed E-state index contributed by atoms with van der Waals surface area (Å²) in [4.78, 5) is 9.16. The highest BCUT2D eigenvalue weighted by Crippen LogP contribution is 2.22. The van der Waals surface area contributed by atoms with Crippen LogP contribution in [-0.4, -0.2) is 51.2 Å². The van der Waals surface area contributed by atoms with Crippen LogP contribution in [0.4, 0.5) is 5.69 Å². The second kappa shape index (κ2) is 8.42. The number of anilines is 1. The van der Waals surface area contributed by atoms with E-state index < -0.39 is 0 Å². The van der Waals surface area contributed by atoms with Gasteiger partial charge < -0.3 is 19.9 Å². The maximum atomic E-state index is 5.33. The summed E-state index contributed by atoms with van der Waals surface area (Å²) in [6, 6.07) is 18.7. The first-order valence-corrected chi connectivity index (χ1v) is 8.68. The third-order valence-electron chi connectivity index (χ3n) is 4.50. The lowest BCUT2D eigenvalue weighted by atomic mass is 10.2. The van der Waals surface area contributed by atoms with Crippen molar-refractivity contribution in [2.75, 3.05) is 45.2 Å². The number of piperazine rings is 1. The first kappa shape index (κ1) is 17.1. The number of nitrogens with zero attached hydrogens (tertiary/aromatic N) is 3. The zero-order chi connectivity index (χ0) is 17.5. The van der Waals surface area contributed by atoms with Crippen molar-refractivity contribution in [3.8, 4) is 5.75 Å². The fourth-order valence-electron chi connectivity index (χ4n) is 3.09. The minimum absolute atomic E-state index is 0.795. The molecular formula is C20H26N4O. The summed E-state index contributed by atoms with van der Waals surface area (Å²) in [5.41, 5.74) is 2.48. The monoisotopic (exact) mass is 338 g/mol. The van der Waals surface area contributed by atoms with Crippen LogP contribution in [-0.2, 0) is 6.54 Å². The number of hydrogen-bond acceptors (Lipinski definition) is 3. The summed E-state index contributed by atoms with van der Waals surface area (Å²) >= 11 is 0. The Balaban J connectivity index is 1.55. The summed E-state index contributed by atoms with van der Waals surface area (Å²) in [5, 5.41) is 3.47. The van der Waals surface area contributed by atoms with Crippen LogP contribution in [0.1, 0.15) is 5.56 Å². The van der Waals surface area contributed by atoms with Crippen LogP contribution in [0.25, 0.3) is 0 Å². The average Bonchev–Trinajstić information content (AvgIpc) is 2.70. The van der Waals surface area contributed by atoms with Crippen molar-refractivity contribution < 1.29 is 4.74 Å². The first-order valence-electron chi connectivity index (χ1n) is 8.68. The number of rotatable bonds is 4. The molecule has 1 saturated heterocycles. The number of guanidine groups is 1. The molecule has 0 unspecified atom stereocenters. The van der Waals surface area contributed by atoms with Gasteiger partial charge in [0.25, 0.3) is 0 Å². The zero-order valence-electron chi connectivity index (χ0n) is 15.0. The van der Waals surface area contributed by atoms with Crippen molar-refractivity contribution in [3.05, 3.63) is 60.2 Å². The molecule has 0 amide bonds. The summed E-state index contributed by atoms with van der Waals surface area (Å²) in [6.07, 6.45) is 0. The molecule has 0 atom stereocenters. The van der Waals surface area contributed by atoms with Gasteiger partial charge in [-0.3, -0.25) is 4.99 Å². The lowest BCUT2D eigenvalue weighted by molar-refractivity contribution is 0.372. The fraction of sp³-hybridized carbons (Fsp3) is 0.350. The number of nitrogens with one attached hydrogen (secondary N) is 1. The predicted octanol–water partition coefficient (Wildman–Crippen LogP) is 2.59. The Morgan fingerprint density at radius 3 is 2.48 bits per heavy atom. The molecule has 1 fully saturated rings. The highest BCUT2D eigenvalue weighted by Gasteiger charge is 2.20. The third kappa shape index (κ3) is 4.44. The van der Waals surface area contributed by atoms with Crippen molar-refractivity contribution >= 4 is 11.6 Å². The van der Waals surface area contributed by atoms with E-state index in [-0.39, 0.29) is 0 Å². The third-order valence-corrected chi connectivity index (χ3v) is 4.50. The second-order valence-electron chi connectivity index (χ2n) is 6.06. The van der Waals surface area contributed by atoms with Crippen LogP contribution in [0.15, 0.2) is 59.6 Å². The van der Waals surface area contributed by atoms with Gasteiger partial charge in [-0.1, -0.05) is 36.4 Å². The van der Waals surface area contributed by atoms with Crippen molar-refractivity contribution in [1.82, 2.24) is 10.2 Å². The summed E-state index contributed by atoms with van der Waals surface area (Å²) in [6.45, 7) is 4.64. The molecule has 132 valence electrons. The van der Waals surface area contributed by atoms with Crippen LogP contribution in [0.5, 0.6) is 5.75 Å². The quantitative estimate of drug-likeness (QED) is 0.687. The molecule has 2 aromatic rings. The molecule has 3 rings (SSSR count). The van der Waals surface area contributed by atoms with Gasteiger partial charge in [0.1, 0.15) is 5.75 Å². The molecule has 1 N–H and O–H groups in total. The number of aliphatic imine (C=N–C) groups is 1. The molecule has 25 heavy (non-hydrogen) atoms. The van der Waals surface area contributed by atoms with E-state index in [0.717, 1.165) is 44.4 Å². The lowest BCUT2D eigenvalue weighted by Crippen LogP contribution is -2.52. The van der Waals surface area contributed by atoms with Crippen molar-refractivity contribution in [2.24, 2.45) is 4.99 Å². The van der Waals surface area contributed by atoms with Crippen molar-refractivity contribution in [1.29, 1.82) is 0 Å². The van der Waals surface area contributed by atoms with E-state index >= 15 is 0 Å². The van der Waals surface area contributed by atoms with Gasteiger partial charge in [0.2, 0.25) is 0 Å². The standard InChI is InChI=1S/C20H26N4O/c1-21-20(22-16-17-7-4-3-5-8-17)24-13-11-23(12-14-24)18-9-6-10-19(15-18)25-2/h3-10,15H,11-14,16H2,1-2H3,(H,21,22). The Kier molecular flexibility index (Phi) is 5.77. The predicted molar refractivity (Wildman–Crippen MR) is 103 cm³/mol.